The molecule has 22 heavy (non-hydrogen) atoms. The standard InChI is InChI=1S/C17H22N4O/c22-17(15-4-1-7-18-15)21-9-2-3-14(12-21)16-19-8-10-20(16)11-13-5-6-13/h1,4,7-8,10,13-14,18H,2-3,5-6,9,11-12H2. The molecule has 116 valence electrons. The molecule has 1 saturated heterocycles. The summed E-state index contributed by atoms with van der Waals surface area (Å²) in [7, 11) is 0. The molecule has 1 saturated carbocycles. The highest BCUT2D eigenvalue weighted by atomic mass is 16.2. The molecule has 0 spiro atoms. The van der Waals surface area contributed by atoms with Gasteiger partial charge in [0.15, 0.2) is 0 Å². The maximum Gasteiger partial charge on any atom is 0.270 e. The summed E-state index contributed by atoms with van der Waals surface area (Å²) in [5.41, 5.74) is 0.682. The summed E-state index contributed by atoms with van der Waals surface area (Å²) in [5.74, 6) is 2.47. The lowest BCUT2D eigenvalue weighted by atomic mass is 9.96. The van der Waals surface area contributed by atoms with E-state index in [2.05, 4.69) is 20.7 Å². The predicted molar refractivity (Wildman–Crippen MR) is 83.6 cm³/mol. The Bertz CT molecular complexity index is 641. The van der Waals surface area contributed by atoms with Crippen molar-refractivity contribution >= 4 is 5.91 Å². The van der Waals surface area contributed by atoms with Gasteiger partial charge in [0, 0.05) is 44.1 Å². The fourth-order valence-corrected chi connectivity index (χ4v) is 3.42. The van der Waals surface area contributed by atoms with Gasteiger partial charge in [0.2, 0.25) is 0 Å². The number of piperidine rings is 1. The topological polar surface area (TPSA) is 53.9 Å². The van der Waals surface area contributed by atoms with Crippen molar-refractivity contribution in [1.29, 1.82) is 0 Å². The monoisotopic (exact) mass is 298 g/mol. The summed E-state index contributed by atoms with van der Waals surface area (Å²) in [6.07, 6.45) is 10.7. The second-order valence-electron chi connectivity index (χ2n) is 6.56. The number of amides is 1. The number of carbonyl (C=O) groups excluding carboxylic acids is 1. The zero-order valence-electron chi connectivity index (χ0n) is 12.7. The van der Waals surface area contributed by atoms with Gasteiger partial charge in [-0.05, 0) is 43.7 Å². The van der Waals surface area contributed by atoms with E-state index >= 15 is 0 Å². The molecule has 5 nitrogen and oxygen atoms in total. The summed E-state index contributed by atoms with van der Waals surface area (Å²) in [5, 5.41) is 0. The molecule has 1 N–H and O–H groups in total. The van der Waals surface area contributed by atoms with E-state index in [0.29, 0.717) is 11.6 Å². The SMILES string of the molecule is O=C(c1ccc[nH]1)N1CCCC(c2nccn2CC2CC2)C1. The molecule has 1 aliphatic carbocycles. The van der Waals surface area contributed by atoms with Gasteiger partial charge in [0.05, 0.1) is 0 Å². The molecule has 1 amide bonds. The van der Waals surface area contributed by atoms with E-state index in [1.54, 1.807) is 6.20 Å². The van der Waals surface area contributed by atoms with Crippen LogP contribution in [-0.2, 0) is 6.54 Å². The Morgan fingerprint density at radius 3 is 3.05 bits per heavy atom. The van der Waals surface area contributed by atoms with Crippen molar-refractivity contribution in [3.63, 3.8) is 0 Å². The van der Waals surface area contributed by atoms with Gasteiger partial charge in [0.25, 0.3) is 5.91 Å². The molecule has 5 heteroatoms. The third-order valence-corrected chi connectivity index (χ3v) is 4.80. The van der Waals surface area contributed by atoms with E-state index < -0.39 is 0 Å². The fraction of sp³-hybridized carbons (Fsp3) is 0.529. The average Bonchev–Trinajstić information content (AvgIpc) is 3.04. The zero-order valence-corrected chi connectivity index (χ0v) is 12.7. The Kier molecular flexibility index (Phi) is 3.48. The van der Waals surface area contributed by atoms with E-state index in [9.17, 15) is 4.79 Å². The van der Waals surface area contributed by atoms with Crippen molar-refractivity contribution < 1.29 is 4.79 Å². The molecule has 2 aliphatic rings. The highest BCUT2D eigenvalue weighted by molar-refractivity contribution is 5.92. The first-order chi connectivity index (χ1) is 10.8. The molecule has 0 radical (unpaired) electrons. The molecule has 1 aliphatic heterocycles. The van der Waals surface area contributed by atoms with E-state index in [1.165, 1.54) is 12.8 Å². The predicted octanol–water partition coefficient (Wildman–Crippen LogP) is 2.64. The maximum atomic E-state index is 12.5. The molecule has 3 heterocycles. The molecule has 2 fully saturated rings. The van der Waals surface area contributed by atoms with Crippen LogP contribution in [0.4, 0.5) is 0 Å². The van der Waals surface area contributed by atoms with Crippen LogP contribution in [0.1, 0.15) is 47.9 Å². The minimum Gasteiger partial charge on any atom is -0.357 e. The van der Waals surface area contributed by atoms with Gasteiger partial charge in [-0.1, -0.05) is 0 Å². The molecule has 0 bridgehead atoms. The molecule has 2 aromatic rings. The Labute approximate surface area is 130 Å². The fourth-order valence-electron chi connectivity index (χ4n) is 3.42. The molecular formula is C17H22N4O. The molecule has 2 aromatic heterocycles. The van der Waals surface area contributed by atoms with Gasteiger partial charge in [-0.15, -0.1) is 0 Å². The van der Waals surface area contributed by atoms with E-state index in [1.807, 2.05) is 23.2 Å². The molecule has 4 rings (SSSR count). The van der Waals surface area contributed by atoms with Crippen molar-refractivity contribution in [3.05, 3.63) is 42.2 Å². The lowest BCUT2D eigenvalue weighted by Gasteiger charge is -2.32. The number of carbonyl (C=O) groups is 1. The summed E-state index contributed by atoms with van der Waals surface area (Å²) < 4.78 is 2.31. The Hall–Kier alpha value is -2.04. The Morgan fingerprint density at radius 2 is 2.27 bits per heavy atom. The number of aromatic amines is 1. The molecular weight excluding hydrogens is 276 g/mol. The van der Waals surface area contributed by atoms with Crippen LogP contribution in [0.3, 0.4) is 0 Å². The quantitative estimate of drug-likeness (QED) is 0.943. The van der Waals surface area contributed by atoms with E-state index in [0.717, 1.165) is 44.2 Å². The third-order valence-electron chi connectivity index (χ3n) is 4.80. The summed E-state index contributed by atoms with van der Waals surface area (Å²) in [4.78, 5) is 22.1. The summed E-state index contributed by atoms with van der Waals surface area (Å²) in [6, 6.07) is 3.72. The van der Waals surface area contributed by atoms with Crippen LogP contribution < -0.4 is 0 Å². The van der Waals surface area contributed by atoms with Crippen LogP contribution in [0, 0.1) is 5.92 Å². The number of imidazole rings is 1. The van der Waals surface area contributed by atoms with Crippen molar-refractivity contribution in [3.8, 4) is 0 Å². The normalized spacial score (nSPS) is 22.0. The van der Waals surface area contributed by atoms with Gasteiger partial charge in [-0.25, -0.2) is 4.98 Å². The highest BCUT2D eigenvalue weighted by Gasteiger charge is 2.29. The summed E-state index contributed by atoms with van der Waals surface area (Å²) >= 11 is 0. The maximum absolute atomic E-state index is 12.5. The Balaban J connectivity index is 1.48. The minimum atomic E-state index is 0.106. The number of hydrogen-bond donors (Lipinski definition) is 1. The lowest BCUT2D eigenvalue weighted by molar-refractivity contribution is 0.0698. The number of aromatic nitrogens is 3. The highest BCUT2D eigenvalue weighted by Crippen LogP contribution is 2.33. The van der Waals surface area contributed by atoms with Gasteiger partial charge in [-0.3, -0.25) is 4.79 Å². The Morgan fingerprint density at radius 1 is 1.36 bits per heavy atom. The van der Waals surface area contributed by atoms with Crippen LogP contribution in [0.2, 0.25) is 0 Å². The van der Waals surface area contributed by atoms with Crippen LogP contribution >= 0.6 is 0 Å². The van der Waals surface area contributed by atoms with Crippen molar-refractivity contribution in [2.75, 3.05) is 13.1 Å². The molecule has 1 unspecified atom stereocenters. The molecule has 1 atom stereocenters. The van der Waals surface area contributed by atoms with Crippen LogP contribution in [0.15, 0.2) is 30.7 Å². The zero-order chi connectivity index (χ0) is 14.9. The number of likely N-dealkylation sites (tertiary alicyclic amines) is 1. The second kappa shape index (κ2) is 5.63. The van der Waals surface area contributed by atoms with Crippen molar-refractivity contribution in [1.82, 2.24) is 19.4 Å². The number of nitrogens with zero attached hydrogens (tertiary/aromatic N) is 3. The first-order valence-electron chi connectivity index (χ1n) is 8.25. The number of rotatable bonds is 4. The van der Waals surface area contributed by atoms with Crippen LogP contribution in [-0.4, -0.2) is 38.4 Å². The van der Waals surface area contributed by atoms with Crippen molar-refractivity contribution in [2.45, 2.75) is 38.1 Å². The first kappa shape index (κ1) is 13.6. The largest absolute Gasteiger partial charge is 0.357 e. The van der Waals surface area contributed by atoms with Gasteiger partial charge < -0.3 is 14.5 Å². The summed E-state index contributed by atoms with van der Waals surface area (Å²) in [6.45, 7) is 2.72. The lowest BCUT2D eigenvalue weighted by Crippen LogP contribution is -2.40. The van der Waals surface area contributed by atoms with Crippen LogP contribution in [0.25, 0.3) is 0 Å². The first-order valence-corrected chi connectivity index (χ1v) is 8.25. The van der Waals surface area contributed by atoms with E-state index in [-0.39, 0.29) is 5.91 Å². The second-order valence-corrected chi connectivity index (χ2v) is 6.56. The van der Waals surface area contributed by atoms with E-state index in [4.69, 9.17) is 0 Å². The van der Waals surface area contributed by atoms with Crippen LogP contribution in [0.5, 0.6) is 0 Å². The smallest absolute Gasteiger partial charge is 0.270 e. The van der Waals surface area contributed by atoms with Crippen molar-refractivity contribution in [2.24, 2.45) is 5.92 Å². The average molecular weight is 298 g/mol. The number of hydrogen-bond acceptors (Lipinski definition) is 2. The third kappa shape index (κ3) is 2.67. The number of H-pyrrole nitrogens is 1. The molecule has 0 aromatic carbocycles. The number of nitrogens with one attached hydrogen (secondary N) is 1. The van der Waals surface area contributed by atoms with Gasteiger partial charge in [0.1, 0.15) is 11.5 Å². The van der Waals surface area contributed by atoms with Gasteiger partial charge in [-0.2, -0.15) is 0 Å². The minimum absolute atomic E-state index is 0.106. The van der Waals surface area contributed by atoms with Gasteiger partial charge >= 0.3 is 0 Å².